The van der Waals surface area contributed by atoms with E-state index in [0.29, 0.717) is 11.3 Å². The monoisotopic (exact) mass is 877 g/mol. The first-order chi connectivity index (χ1) is 22.8. The molecule has 273 valence electrons. The molecule has 1 radical (unpaired) electrons. The Balaban J connectivity index is 0.000000461. The van der Waals surface area contributed by atoms with Crippen LogP contribution < -0.4 is 0 Å². The van der Waals surface area contributed by atoms with Crippen molar-refractivity contribution in [1.29, 1.82) is 0 Å². The number of rotatable bonds is 9. The standard InChI is InChI=1S/C27H20F6N.C13H24O2.Ir/c1-25(2,3)23-13-19(10-17-6-4-5-7-22(17)23)24-14-16(8-9-34-24)18-11-20(26(28,29)30)15-21(12-18)27(31,32)33;1-5-10(6-2)12(14)9-13(15)11(7-3)8-4;/h4-9,11-15H,1-3H3;9-11,14H,5-8H2,1-4H3;/q-1;;/b;12-9-;. The average Bonchev–Trinajstić information content (AvgIpc) is 3.04. The van der Waals surface area contributed by atoms with E-state index in [0.717, 1.165) is 54.2 Å². The van der Waals surface area contributed by atoms with Crippen molar-refractivity contribution in [2.45, 2.75) is 91.9 Å². The van der Waals surface area contributed by atoms with E-state index in [1.807, 2.05) is 58.0 Å². The number of ketones is 1. The molecule has 0 fully saturated rings. The molecule has 0 amide bonds. The molecule has 1 N–H and O–H groups in total. The topological polar surface area (TPSA) is 50.2 Å². The van der Waals surface area contributed by atoms with Gasteiger partial charge in [-0.2, -0.15) is 26.3 Å². The van der Waals surface area contributed by atoms with Gasteiger partial charge in [0.1, 0.15) is 0 Å². The van der Waals surface area contributed by atoms with Crippen molar-refractivity contribution in [2.24, 2.45) is 11.8 Å². The number of carbonyl (C=O) groups is 1. The molecule has 4 rings (SSSR count). The Hall–Kier alpha value is -3.49. The summed E-state index contributed by atoms with van der Waals surface area (Å²) in [5.41, 5.74) is -0.895. The van der Waals surface area contributed by atoms with Gasteiger partial charge in [0.2, 0.25) is 0 Å². The molecule has 10 heteroatoms. The van der Waals surface area contributed by atoms with Crippen molar-refractivity contribution in [2.75, 3.05) is 0 Å². The Labute approximate surface area is 304 Å². The van der Waals surface area contributed by atoms with Gasteiger partial charge in [-0.15, -0.1) is 29.1 Å². The molecule has 0 aliphatic heterocycles. The van der Waals surface area contributed by atoms with Gasteiger partial charge in [0.05, 0.1) is 16.9 Å². The number of allylic oxidation sites excluding steroid dienone is 2. The number of hydrogen-bond donors (Lipinski definition) is 1. The van der Waals surface area contributed by atoms with Crippen LogP contribution in [-0.2, 0) is 42.7 Å². The minimum Gasteiger partial charge on any atom is -0.512 e. The van der Waals surface area contributed by atoms with Gasteiger partial charge in [0.15, 0.2) is 5.78 Å². The first kappa shape index (κ1) is 42.7. The van der Waals surface area contributed by atoms with Crippen molar-refractivity contribution in [3.8, 4) is 22.4 Å². The van der Waals surface area contributed by atoms with Crippen LogP contribution in [0, 0.1) is 17.9 Å². The third kappa shape index (κ3) is 11.0. The number of benzene rings is 3. The molecule has 0 bridgehead atoms. The zero-order valence-electron chi connectivity index (χ0n) is 29.3. The summed E-state index contributed by atoms with van der Waals surface area (Å²) in [5.74, 6) is 0.547. The molecule has 0 saturated heterocycles. The minimum atomic E-state index is -4.92. The molecule has 3 nitrogen and oxygen atoms in total. The second kappa shape index (κ2) is 17.6. The largest absolute Gasteiger partial charge is 0.512 e. The Kier molecular flexibility index (Phi) is 15.0. The van der Waals surface area contributed by atoms with Crippen LogP contribution in [0.2, 0.25) is 0 Å². The summed E-state index contributed by atoms with van der Waals surface area (Å²) >= 11 is 0. The smallest absolute Gasteiger partial charge is 0.416 e. The molecule has 0 saturated carbocycles. The number of halogens is 6. The maximum absolute atomic E-state index is 13.3. The molecule has 4 aromatic rings. The molecular formula is C40H44F6IrNO2-. The molecule has 0 unspecified atom stereocenters. The van der Waals surface area contributed by atoms with Gasteiger partial charge in [0.25, 0.3) is 0 Å². The summed E-state index contributed by atoms with van der Waals surface area (Å²) in [6, 6.07) is 17.3. The van der Waals surface area contributed by atoms with E-state index in [-0.39, 0.29) is 66.1 Å². The van der Waals surface area contributed by atoms with E-state index in [1.165, 1.54) is 24.4 Å². The molecule has 50 heavy (non-hydrogen) atoms. The fourth-order valence-corrected chi connectivity index (χ4v) is 5.65. The summed E-state index contributed by atoms with van der Waals surface area (Å²) in [5, 5.41) is 11.6. The second-order valence-electron chi connectivity index (χ2n) is 13.1. The van der Waals surface area contributed by atoms with E-state index in [4.69, 9.17) is 0 Å². The van der Waals surface area contributed by atoms with Crippen molar-refractivity contribution < 1.29 is 56.3 Å². The van der Waals surface area contributed by atoms with E-state index in [2.05, 4.69) is 31.8 Å². The van der Waals surface area contributed by atoms with Crippen LogP contribution in [0.5, 0.6) is 0 Å². The van der Waals surface area contributed by atoms with Crippen LogP contribution in [0.4, 0.5) is 26.3 Å². The van der Waals surface area contributed by atoms with Crippen LogP contribution in [0.15, 0.2) is 78.7 Å². The zero-order chi connectivity index (χ0) is 36.7. The second-order valence-corrected chi connectivity index (χ2v) is 13.1. The Morgan fingerprint density at radius 2 is 1.32 bits per heavy atom. The molecular weight excluding hydrogens is 833 g/mol. The third-order valence-corrected chi connectivity index (χ3v) is 8.62. The number of aromatic nitrogens is 1. The normalized spacial score (nSPS) is 12.5. The van der Waals surface area contributed by atoms with Crippen molar-refractivity contribution in [1.82, 2.24) is 4.98 Å². The predicted molar refractivity (Wildman–Crippen MR) is 184 cm³/mol. The Morgan fingerprint density at radius 1 is 0.780 bits per heavy atom. The van der Waals surface area contributed by atoms with Crippen LogP contribution in [0.1, 0.15) is 90.8 Å². The van der Waals surface area contributed by atoms with E-state index < -0.39 is 23.5 Å². The maximum atomic E-state index is 13.3. The molecule has 0 aliphatic rings. The van der Waals surface area contributed by atoms with Crippen molar-refractivity contribution in [3.63, 3.8) is 0 Å². The first-order valence-corrected chi connectivity index (χ1v) is 16.5. The average molecular weight is 877 g/mol. The number of nitrogens with zero attached hydrogens (tertiary/aromatic N) is 1. The molecule has 1 heterocycles. The number of aliphatic hydroxyl groups is 1. The van der Waals surface area contributed by atoms with E-state index >= 15 is 0 Å². The van der Waals surface area contributed by atoms with E-state index in [9.17, 15) is 36.2 Å². The molecule has 1 aromatic heterocycles. The fourth-order valence-electron chi connectivity index (χ4n) is 5.65. The SMILES string of the molecule is CC(C)(C)c1cc(-c2cc(-c3cc(C(F)(F)F)cc(C(F)(F)F)c3)ccn2)[c-]c2ccccc12.CCC(CC)C(=O)/C=C(\O)C(CC)CC.[Ir]. The molecule has 0 spiro atoms. The van der Waals surface area contributed by atoms with Gasteiger partial charge in [-0.05, 0) is 66.5 Å². The van der Waals surface area contributed by atoms with Gasteiger partial charge < -0.3 is 5.11 Å². The minimum absolute atomic E-state index is 0. The summed E-state index contributed by atoms with van der Waals surface area (Å²) in [4.78, 5) is 16.0. The van der Waals surface area contributed by atoms with Gasteiger partial charge >= 0.3 is 12.4 Å². The maximum Gasteiger partial charge on any atom is 0.416 e. The quantitative estimate of drug-likeness (QED) is 0.0789. The summed E-state index contributed by atoms with van der Waals surface area (Å²) < 4.78 is 79.9. The van der Waals surface area contributed by atoms with Crippen LogP contribution >= 0.6 is 0 Å². The molecule has 3 aromatic carbocycles. The van der Waals surface area contributed by atoms with Crippen LogP contribution in [0.25, 0.3) is 33.2 Å². The summed E-state index contributed by atoms with van der Waals surface area (Å²) in [7, 11) is 0. The first-order valence-electron chi connectivity index (χ1n) is 16.5. The number of carbonyl (C=O) groups excluding carboxylic acids is 1. The van der Waals surface area contributed by atoms with E-state index in [1.54, 1.807) is 0 Å². The van der Waals surface area contributed by atoms with Crippen molar-refractivity contribution >= 4 is 16.6 Å². The zero-order valence-corrected chi connectivity index (χ0v) is 31.7. The number of aliphatic hydroxyl groups excluding tert-OH is 1. The van der Waals surface area contributed by atoms with Crippen molar-refractivity contribution in [3.05, 3.63) is 101 Å². The number of fused-ring (bicyclic) bond motifs is 1. The molecule has 0 aliphatic carbocycles. The van der Waals surface area contributed by atoms with Gasteiger partial charge in [0, 0.05) is 49.9 Å². The molecule has 0 atom stereocenters. The van der Waals surface area contributed by atoms with Gasteiger partial charge in [-0.25, -0.2) is 0 Å². The van der Waals surface area contributed by atoms with Gasteiger partial charge in [-0.3, -0.25) is 9.78 Å². The summed E-state index contributed by atoms with van der Waals surface area (Å²) in [6.07, 6.45) is -3.55. The Bertz CT molecular complexity index is 1730. The third-order valence-electron chi connectivity index (χ3n) is 8.62. The fraction of sp³-hybridized carbons (Fsp3) is 0.400. The predicted octanol–water partition coefficient (Wildman–Crippen LogP) is 12.6. The van der Waals surface area contributed by atoms with Crippen LogP contribution in [0.3, 0.4) is 0 Å². The Morgan fingerprint density at radius 3 is 1.82 bits per heavy atom. The number of hydrogen-bond acceptors (Lipinski definition) is 3. The number of pyridine rings is 1. The van der Waals surface area contributed by atoms with Crippen LogP contribution in [-0.4, -0.2) is 15.9 Å². The van der Waals surface area contributed by atoms with Gasteiger partial charge in [-0.1, -0.05) is 83.7 Å². The summed E-state index contributed by atoms with van der Waals surface area (Å²) in [6.45, 7) is 14.2. The number of alkyl halides is 6.